The van der Waals surface area contributed by atoms with Crippen LogP contribution in [-0.2, 0) is 12.8 Å². The maximum Gasteiger partial charge on any atom is 0.256 e. The average Bonchev–Trinajstić information content (AvgIpc) is 2.71. The van der Waals surface area contributed by atoms with Gasteiger partial charge >= 0.3 is 0 Å². The molecular formula is C22H25N3O3. The Morgan fingerprint density at radius 3 is 2.43 bits per heavy atom. The molecule has 0 aliphatic carbocycles. The molecule has 0 atom stereocenters. The van der Waals surface area contributed by atoms with Crippen LogP contribution in [0.3, 0.4) is 0 Å². The van der Waals surface area contributed by atoms with Crippen LogP contribution in [0.15, 0.2) is 53.3 Å². The average molecular weight is 379 g/mol. The van der Waals surface area contributed by atoms with Crippen LogP contribution in [0.2, 0.25) is 0 Å². The van der Waals surface area contributed by atoms with Gasteiger partial charge in [-0.1, -0.05) is 36.4 Å². The summed E-state index contributed by atoms with van der Waals surface area (Å²) in [5.74, 6) is 1.89. The molecule has 2 N–H and O–H groups in total. The van der Waals surface area contributed by atoms with Crippen molar-refractivity contribution in [3.05, 3.63) is 81.3 Å². The van der Waals surface area contributed by atoms with E-state index in [0.717, 1.165) is 23.2 Å². The highest BCUT2D eigenvalue weighted by atomic mass is 16.5. The number of methoxy groups -OCH3 is 2. The third kappa shape index (κ3) is 4.71. The summed E-state index contributed by atoms with van der Waals surface area (Å²) in [6.07, 6.45) is 1.33. The van der Waals surface area contributed by atoms with Crippen molar-refractivity contribution >= 4 is 5.95 Å². The molecule has 1 aromatic heterocycles. The van der Waals surface area contributed by atoms with Gasteiger partial charge in [0.1, 0.15) is 0 Å². The second-order valence-electron chi connectivity index (χ2n) is 6.51. The zero-order chi connectivity index (χ0) is 19.9. The highest BCUT2D eigenvalue weighted by Crippen LogP contribution is 2.27. The molecule has 28 heavy (non-hydrogen) atoms. The predicted molar refractivity (Wildman–Crippen MR) is 111 cm³/mol. The molecule has 0 aliphatic rings. The topological polar surface area (TPSA) is 76.2 Å². The second kappa shape index (κ2) is 9.08. The van der Waals surface area contributed by atoms with E-state index in [1.54, 1.807) is 14.2 Å². The molecule has 1 heterocycles. The number of nitrogens with one attached hydrogen (secondary N) is 2. The Labute approximate surface area is 164 Å². The van der Waals surface area contributed by atoms with Crippen molar-refractivity contribution in [2.24, 2.45) is 0 Å². The van der Waals surface area contributed by atoms with Gasteiger partial charge in [0.2, 0.25) is 5.95 Å². The lowest BCUT2D eigenvalue weighted by molar-refractivity contribution is 0.354. The Hall–Kier alpha value is -3.28. The third-order valence-electron chi connectivity index (χ3n) is 4.60. The van der Waals surface area contributed by atoms with Crippen LogP contribution in [0.25, 0.3) is 0 Å². The molecule has 6 nitrogen and oxygen atoms in total. The lowest BCUT2D eigenvalue weighted by Crippen LogP contribution is -2.20. The fraction of sp³-hybridized carbons (Fsp3) is 0.273. The summed E-state index contributed by atoms with van der Waals surface area (Å²) in [6.45, 7) is 2.50. The molecule has 0 amide bonds. The number of aromatic amines is 1. The quantitative estimate of drug-likeness (QED) is 0.628. The number of aryl methyl sites for hydroxylation is 1. The van der Waals surface area contributed by atoms with E-state index >= 15 is 0 Å². The minimum Gasteiger partial charge on any atom is -0.493 e. The molecule has 2 aromatic carbocycles. The first kappa shape index (κ1) is 19.5. The van der Waals surface area contributed by atoms with Gasteiger partial charge in [-0.15, -0.1) is 0 Å². The third-order valence-corrected chi connectivity index (χ3v) is 4.60. The lowest BCUT2D eigenvalue weighted by atomic mass is 10.1. The monoisotopic (exact) mass is 379 g/mol. The number of benzene rings is 2. The summed E-state index contributed by atoms with van der Waals surface area (Å²) in [6, 6.07) is 15.7. The lowest BCUT2D eigenvalue weighted by Gasteiger charge is -2.11. The minimum atomic E-state index is -0.107. The van der Waals surface area contributed by atoms with Crippen molar-refractivity contribution in [1.29, 1.82) is 0 Å². The second-order valence-corrected chi connectivity index (χ2v) is 6.51. The van der Waals surface area contributed by atoms with Crippen LogP contribution in [-0.4, -0.2) is 30.7 Å². The number of hydrogen-bond acceptors (Lipinski definition) is 5. The number of H-pyrrole nitrogens is 1. The number of nitrogens with zero attached hydrogens (tertiary/aromatic N) is 1. The van der Waals surface area contributed by atoms with E-state index in [2.05, 4.69) is 15.3 Å². The predicted octanol–water partition coefficient (Wildman–Crippen LogP) is 3.34. The number of hydrogen-bond donors (Lipinski definition) is 2. The van der Waals surface area contributed by atoms with Gasteiger partial charge in [-0.25, -0.2) is 4.98 Å². The fourth-order valence-electron chi connectivity index (χ4n) is 3.06. The molecule has 3 rings (SSSR count). The number of rotatable bonds is 8. The number of ether oxygens (including phenoxy) is 2. The summed E-state index contributed by atoms with van der Waals surface area (Å²) in [4.78, 5) is 19.8. The molecule has 0 bridgehead atoms. The van der Waals surface area contributed by atoms with Crippen LogP contribution in [0.1, 0.15) is 22.4 Å². The SMILES string of the molecule is COc1ccc(CCNc2nc(C)c(Cc3ccccc3)c(=O)[nH]2)cc1OC. The Balaban J connectivity index is 1.65. The molecule has 0 saturated carbocycles. The van der Waals surface area contributed by atoms with Gasteiger partial charge in [0, 0.05) is 18.5 Å². The minimum absolute atomic E-state index is 0.107. The van der Waals surface area contributed by atoms with Crippen molar-refractivity contribution in [2.45, 2.75) is 19.8 Å². The first-order chi connectivity index (χ1) is 13.6. The maximum absolute atomic E-state index is 12.5. The smallest absolute Gasteiger partial charge is 0.256 e. The van der Waals surface area contributed by atoms with Gasteiger partial charge in [0.15, 0.2) is 11.5 Å². The Morgan fingerprint density at radius 2 is 1.75 bits per heavy atom. The van der Waals surface area contributed by atoms with E-state index in [4.69, 9.17) is 9.47 Å². The van der Waals surface area contributed by atoms with E-state index in [1.807, 2.05) is 55.5 Å². The zero-order valence-corrected chi connectivity index (χ0v) is 16.4. The van der Waals surface area contributed by atoms with Gasteiger partial charge in [-0.05, 0) is 36.6 Å². The molecule has 0 spiro atoms. The molecule has 3 aromatic rings. The standard InChI is InChI=1S/C22H25N3O3/c1-15-18(13-16-7-5-4-6-8-16)21(26)25-22(24-15)23-12-11-17-9-10-19(27-2)20(14-17)28-3/h4-10,14H,11-13H2,1-3H3,(H2,23,24,25,26). The molecule has 0 fully saturated rings. The van der Waals surface area contributed by atoms with Crippen molar-refractivity contribution < 1.29 is 9.47 Å². The molecular weight excluding hydrogens is 354 g/mol. The van der Waals surface area contributed by atoms with Crippen molar-refractivity contribution in [3.63, 3.8) is 0 Å². The van der Waals surface area contributed by atoms with Crippen molar-refractivity contribution in [2.75, 3.05) is 26.1 Å². The molecule has 146 valence electrons. The van der Waals surface area contributed by atoms with Crippen LogP contribution >= 0.6 is 0 Å². The molecule has 0 radical (unpaired) electrons. The normalized spacial score (nSPS) is 10.5. The summed E-state index contributed by atoms with van der Waals surface area (Å²) in [5, 5.41) is 3.19. The number of anilines is 1. The number of aromatic nitrogens is 2. The molecule has 0 aliphatic heterocycles. The van der Waals surface area contributed by atoms with Gasteiger partial charge in [-0.2, -0.15) is 0 Å². The van der Waals surface area contributed by atoms with E-state index in [-0.39, 0.29) is 5.56 Å². The van der Waals surface area contributed by atoms with Crippen molar-refractivity contribution in [1.82, 2.24) is 9.97 Å². The summed E-state index contributed by atoms with van der Waals surface area (Å²) < 4.78 is 10.6. The van der Waals surface area contributed by atoms with Crippen LogP contribution < -0.4 is 20.3 Å². The van der Waals surface area contributed by atoms with E-state index < -0.39 is 0 Å². The first-order valence-electron chi connectivity index (χ1n) is 9.19. The van der Waals surface area contributed by atoms with Gasteiger partial charge in [-0.3, -0.25) is 9.78 Å². The van der Waals surface area contributed by atoms with E-state index in [1.165, 1.54) is 0 Å². The highest BCUT2D eigenvalue weighted by molar-refractivity contribution is 5.43. The van der Waals surface area contributed by atoms with E-state index in [0.29, 0.717) is 36.0 Å². The van der Waals surface area contributed by atoms with Gasteiger partial charge < -0.3 is 14.8 Å². The summed E-state index contributed by atoms with van der Waals surface area (Å²) >= 11 is 0. The molecule has 6 heteroatoms. The Kier molecular flexibility index (Phi) is 6.32. The fourth-order valence-corrected chi connectivity index (χ4v) is 3.06. The maximum atomic E-state index is 12.5. The summed E-state index contributed by atoms with van der Waals surface area (Å²) in [5.41, 5.74) is 3.51. The van der Waals surface area contributed by atoms with Crippen LogP contribution in [0.5, 0.6) is 11.5 Å². The van der Waals surface area contributed by atoms with Gasteiger partial charge in [0.05, 0.1) is 19.9 Å². The molecule has 0 saturated heterocycles. The summed E-state index contributed by atoms with van der Waals surface area (Å²) in [7, 11) is 3.24. The highest BCUT2D eigenvalue weighted by Gasteiger charge is 2.09. The molecule has 0 unspecified atom stereocenters. The van der Waals surface area contributed by atoms with Crippen molar-refractivity contribution in [3.8, 4) is 11.5 Å². The van der Waals surface area contributed by atoms with Crippen LogP contribution in [0.4, 0.5) is 5.95 Å². The zero-order valence-electron chi connectivity index (χ0n) is 16.4. The van der Waals surface area contributed by atoms with E-state index in [9.17, 15) is 4.79 Å². The van der Waals surface area contributed by atoms with Gasteiger partial charge in [0.25, 0.3) is 5.56 Å². The Bertz CT molecular complexity index is 984. The first-order valence-corrected chi connectivity index (χ1v) is 9.19. The van der Waals surface area contributed by atoms with Crippen LogP contribution in [0, 0.1) is 6.92 Å². The largest absolute Gasteiger partial charge is 0.493 e. The Morgan fingerprint density at radius 1 is 1.00 bits per heavy atom.